The minimum absolute atomic E-state index is 0.0553. The lowest BCUT2D eigenvalue weighted by molar-refractivity contribution is -0.182. The number of rotatable bonds is 2. The van der Waals surface area contributed by atoms with Gasteiger partial charge in [0.15, 0.2) is 0 Å². The van der Waals surface area contributed by atoms with Gasteiger partial charge in [0, 0.05) is 12.4 Å². The number of aromatic nitrogens is 2. The first-order valence-electron chi connectivity index (χ1n) is 10.9. The zero-order chi connectivity index (χ0) is 22.2. The Balaban J connectivity index is 1.63. The smallest absolute Gasteiger partial charge is 0.326 e. The van der Waals surface area contributed by atoms with E-state index in [1.807, 2.05) is 60.7 Å². The summed E-state index contributed by atoms with van der Waals surface area (Å²) in [7, 11) is 0. The summed E-state index contributed by atoms with van der Waals surface area (Å²) in [6.45, 7) is 0.794. The van der Waals surface area contributed by atoms with Crippen LogP contribution in [-0.4, -0.2) is 55.1 Å². The second-order valence-corrected chi connectivity index (χ2v) is 8.60. The summed E-state index contributed by atoms with van der Waals surface area (Å²) >= 11 is 0. The Morgan fingerprint density at radius 3 is 1.55 bits per heavy atom. The molecule has 0 N–H and O–H groups in total. The predicted octanol–water partition coefficient (Wildman–Crippen LogP) is 2.62. The maximum atomic E-state index is 14.1. The summed E-state index contributed by atoms with van der Waals surface area (Å²) in [5.41, 5.74) is 0.795. The molecule has 2 aromatic heterocycles. The lowest BCUT2D eigenvalue weighted by atomic mass is 9.84. The van der Waals surface area contributed by atoms with Crippen LogP contribution < -0.4 is 0 Å². The highest BCUT2D eigenvalue weighted by atomic mass is 16.5. The summed E-state index contributed by atoms with van der Waals surface area (Å²) in [4.78, 5) is 44.5. The molecule has 9 nitrogen and oxygen atoms in total. The number of hydrogen-bond acceptors (Lipinski definition) is 5. The summed E-state index contributed by atoms with van der Waals surface area (Å²) in [6, 6.07) is 18.7. The van der Waals surface area contributed by atoms with Gasteiger partial charge in [-0.2, -0.15) is 0 Å². The van der Waals surface area contributed by atoms with Crippen molar-refractivity contribution in [3.8, 4) is 0 Å². The van der Waals surface area contributed by atoms with Crippen LogP contribution in [0.1, 0.15) is 22.5 Å². The average molecular weight is 440 g/mol. The van der Waals surface area contributed by atoms with E-state index in [0.29, 0.717) is 24.5 Å². The Bertz CT molecular complexity index is 1230. The van der Waals surface area contributed by atoms with Crippen molar-refractivity contribution in [2.75, 3.05) is 13.5 Å². The van der Waals surface area contributed by atoms with Gasteiger partial charge in [-0.1, -0.05) is 36.4 Å². The van der Waals surface area contributed by atoms with Crippen LogP contribution in [0.5, 0.6) is 0 Å². The zero-order valence-corrected chi connectivity index (χ0v) is 17.7. The highest BCUT2D eigenvalue weighted by molar-refractivity contribution is 5.90. The molecule has 0 radical (unpaired) electrons. The van der Waals surface area contributed by atoms with Crippen LogP contribution in [0.2, 0.25) is 0 Å². The lowest BCUT2D eigenvalue weighted by Crippen LogP contribution is -2.66. The molecule has 0 unspecified atom stereocenters. The van der Waals surface area contributed by atoms with E-state index >= 15 is 0 Å². The topological polar surface area (TPSA) is 82.1 Å². The number of fused-ring (bicyclic) bond motifs is 1. The Morgan fingerprint density at radius 1 is 0.636 bits per heavy atom. The van der Waals surface area contributed by atoms with Gasteiger partial charge in [-0.05, 0) is 35.4 Å². The first-order valence-corrected chi connectivity index (χ1v) is 10.9. The number of nitrogens with zero attached hydrogens (tertiary/aromatic N) is 6. The fraction of sp³-hybridized carbons (Fsp3) is 0.250. The summed E-state index contributed by atoms with van der Waals surface area (Å²) < 4.78 is 5.77. The van der Waals surface area contributed by atoms with E-state index < -0.39 is 11.3 Å². The molecule has 3 saturated heterocycles. The Morgan fingerprint density at radius 2 is 1.09 bits per heavy atom. The molecule has 4 amide bonds. The van der Waals surface area contributed by atoms with Crippen molar-refractivity contribution < 1.29 is 14.3 Å². The van der Waals surface area contributed by atoms with Gasteiger partial charge in [0.05, 0.1) is 24.5 Å². The van der Waals surface area contributed by atoms with Crippen molar-refractivity contribution in [1.82, 2.24) is 29.6 Å². The third kappa shape index (κ3) is 1.97. The highest BCUT2D eigenvalue weighted by Gasteiger charge is 2.82. The molecule has 3 aromatic rings. The molecule has 0 atom stereocenters. The van der Waals surface area contributed by atoms with Gasteiger partial charge in [-0.25, -0.2) is 9.59 Å². The van der Waals surface area contributed by atoms with Gasteiger partial charge in [0.2, 0.25) is 11.3 Å². The number of hydrogen-bond donors (Lipinski definition) is 0. The number of ether oxygens (including phenoxy) is 1. The molecule has 0 spiro atoms. The molecule has 33 heavy (non-hydrogen) atoms. The number of urea groups is 2. The van der Waals surface area contributed by atoms with Gasteiger partial charge in [0.25, 0.3) is 0 Å². The van der Waals surface area contributed by atoms with Crippen molar-refractivity contribution in [3.63, 3.8) is 0 Å². The first-order chi connectivity index (χ1) is 16.2. The van der Waals surface area contributed by atoms with Crippen molar-refractivity contribution in [2.45, 2.75) is 24.4 Å². The van der Waals surface area contributed by atoms with Crippen molar-refractivity contribution in [2.24, 2.45) is 0 Å². The third-order valence-corrected chi connectivity index (χ3v) is 7.23. The van der Waals surface area contributed by atoms with Gasteiger partial charge >= 0.3 is 12.1 Å². The van der Waals surface area contributed by atoms with Crippen LogP contribution >= 0.6 is 0 Å². The molecule has 4 aliphatic rings. The summed E-state index contributed by atoms with van der Waals surface area (Å²) in [5.74, 6) is 0. The fourth-order valence-electron chi connectivity index (χ4n) is 6.03. The van der Waals surface area contributed by atoms with Gasteiger partial charge in [0.1, 0.15) is 13.5 Å². The normalized spacial score (nSPS) is 27.5. The number of carbonyl (C=O) groups is 2. The van der Waals surface area contributed by atoms with Gasteiger partial charge in [-0.15, -0.1) is 0 Å². The van der Waals surface area contributed by atoms with Crippen molar-refractivity contribution in [1.29, 1.82) is 0 Å². The van der Waals surface area contributed by atoms with Gasteiger partial charge < -0.3 is 4.74 Å². The van der Waals surface area contributed by atoms with Crippen molar-refractivity contribution >= 4 is 12.1 Å². The Kier molecular flexibility index (Phi) is 3.54. The molecule has 3 fully saturated rings. The minimum atomic E-state index is -1.23. The zero-order valence-electron chi connectivity index (χ0n) is 17.7. The Labute approximate surface area is 189 Å². The SMILES string of the molecule is O=C1N2COCN3C(=O)N4Cc5ccccc5CN1C4(c1ccccn1)C23c1ccccn1. The number of benzene rings is 1. The van der Waals surface area contributed by atoms with Crippen LogP contribution in [0.4, 0.5) is 9.59 Å². The number of carbonyl (C=O) groups excluding carboxylic acids is 2. The van der Waals surface area contributed by atoms with E-state index in [1.54, 1.807) is 32.0 Å². The molecule has 0 bridgehead atoms. The minimum Gasteiger partial charge on any atom is -0.340 e. The average Bonchev–Trinajstić information content (AvgIpc) is 3.14. The maximum absolute atomic E-state index is 14.1. The molecule has 1 aromatic carbocycles. The molecule has 9 heteroatoms. The first kappa shape index (κ1) is 18.6. The molecular weight excluding hydrogens is 420 g/mol. The predicted molar refractivity (Wildman–Crippen MR) is 115 cm³/mol. The molecule has 0 aliphatic carbocycles. The monoisotopic (exact) mass is 440 g/mol. The van der Waals surface area contributed by atoms with Crippen LogP contribution in [0.15, 0.2) is 73.1 Å². The second kappa shape index (κ2) is 6.29. The maximum Gasteiger partial charge on any atom is 0.326 e. The van der Waals surface area contributed by atoms with E-state index in [4.69, 9.17) is 14.7 Å². The van der Waals surface area contributed by atoms with E-state index in [-0.39, 0.29) is 25.5 Å². The summed E-state index contributed by atoms with van der Waals surface area (Å²) in [6.07, 6.45) is 3.40. The number of pyridine rings is 2. The molecule has 164 valence electrons. The van der Waals surface area contributed by atoms with Crippen LogP contribution in [-0.2, 0) is 29.2 Å². The second-order valence-electron chi connectivity index (χ2n) is 8.60. The van der Waals surface area contributed by atoms with Gasteiger partial charge in [-0.3, -0.25) is 29.6 Å². The number of amides is 4. The Hall–Kier alpha value is -3.98. The molecular formula is C24H20N6O3. The fourth-order valence-corrected chi connectivity index (χ4v) is 6.03. The highest BCUT2D eigenvalue weighted by Crippen LogP contribution is 2.63. The molecule has 6 heterocycles. The molecule has 4 aliphatic heterocycles. The summed E-state index contributed by atoms with van der Waals surface area (Å²) in [5, 5.41) is 0. The molecule has 0 saturated carbocycles. The standard InChI is InChI=1S/C24H20N6O3/c31-21-27-13-17-7-1-2-8-18(17)14-28-22(32)30-16-33-15-29(21)24(30,20-10-4-6-12-26-20)23(27,28)19-9-3-5-11-25-19/h1-12H,13-16H2. The lowest BCUT2D eigenvalue weighted by Gasteiger charge is -2.49. The quantitative estimate of drug-likeness (QED) is 0.612. The molecule has 7 rings (SSSR count). The van der Waals surface area contributed by atoms with E-state index in [9.17, 15) is 9.59 Å². The van der Waals surface area contributed by atoms with Crippen LogP contribution in [0, 0.1) is 0 Å². The van der Waals surface area contributed by atoms with Crippen LogP contribution in [0.3, 0.4) is 0 Å². The van der Waals surface area contributed by atoms with E-state index in [1.165, 1.54) is 0 Å². The van der Waals surface area contributed by atoms with E-state index in [0.717, 1.165) is 11.1 Å². The largest absolute Gasteiger partial charge is 0.340 e. The van der Waals surface area contributed by atoms with E-state index in [2.05, 4.69) is 0 Å². The third-order valence-electron chi connectivity index (χ3n) is 7.23. The van der Waals surface area contributed by atoms with Crippen LogP contribution in [0.25, 0.3) is 0 Å². The van der Waals surface area contributed by atoms with Crippen molar-refractivity contribution in [3.05, 3.63) is 95.6 Å².